The van der Waals surface area contributed by atoms with Gasteiger partial charge in [0, 0.05) is 23.9 Å². The maximum Gasteiger partial charge on any atom is 0.227 e. The molecule has 0 saturated carbocycles. The summed E-state index contributed by atoms with van der Waals surface area (Å²) in [6, 6.07) is 26.8. The van der Waals surface area contributed by atoms with Gasteiger partial charge in [0.2, 0.25) is 5.91 Å². The van der Waals surface area contributed by atoms with Gasteiger partial charge < -0.3 is 9.64 Å². The number of carbonyl (C=O) groups is 1. The van der Waals surface area contributed by atoms with Gasteiger partial charge in [-0.3, -0.25) is 4.79 Å². The molecular weight excluding hydrogens is 418 g/mol. The monoisotopic (exact) mass is 449 g/mol. The number of hydrogen-bond donors (Lipinski definition) is 0. The number of likely N-dealkylation sites (tertiary alicyclic amines) is 1. The number of ether oxygens (including phenoxy) is 1. The zero-order chi connectivity index (χ0) is 23.5. The molecule has 3 nitrogen and oxygen atoms in total. The van der Waals surface area contributed by atoms with Gasteiger partial charge in [-0.2, -0.15) is 0 Å². The van der Waals surface area contributed by atoms with Crippen LogP contribution in [-0.4, -0.2) is 17.9 Å². The Bertz CT molecular complexity index is 1200. The van der Waals surface area contributed by atoms with Crippen LogP contribution in [0.3, 0.4) is 0 Å². The van der Waals surface area contributed by atoms with E-state index < -0.39 is 0 Å². The van der Waals surface area contributed by atoms with Crippen LogP contribution in [-0.2, 0) is 11.3 Å². The molecule has 0 aromatic heterocycles. The maximum absolute atomic E-state index is 13.8. The lowest BCUT2D eigenvalue weighted by Crippen LogP contribution is -2.30. The molecule has 1 saturated heterocycles. The number of fused-ring (bicyclic) bond motifs is 1. The zero-order valence-electron chi connectivity index (χ0n) is 19.8. The van der Waals surface area contributed by atoms with E-state index in [1.54, 1.807) is 7.11 Å². The van der Waals surface area contributed by atoms with Crippen molar-refractivity contribution in [2.24, 2.45) is 17.8 Å². The first-order chi connectivity index (χ1) is 16.7. The van der Waals surface area contributed by atoms with Crippen molar-refractivity contribution in [3.05, 3.63) is 113 Å². The van der Waals surface area contributed by atoms with Crippen molar-refractivity contribution < 1.29 is 9.53 Å². The Morgan fingerprint density at radius 2 is 1.65 bits per heavy atom. The maximum atomic E-state index is 13.8. The number of allylic oxidation sites excluding steroid dienone is 1. The highest BCUT2D eigenvalue weighted by atomic mass is 16.5. The average Bonchev–Trinajstić information content (AvgIpc) is 3.16. The summed E-state index contributed by atoms with van der Waals surface area (Å²) in [5.74, 6) is 1.56. The Labute approximate surface area is 202 Å². The highest BCUT2D eigenvalue weighted by molar-refractivity contribution is 5.84. The SMILES string of the molecule is COc1ccc(/C=C/c2ccccc2)cc1C1C2C=CCC(C)C2C(=O)N1Cc1ccccc1. The third-order valence-electron chi connectivity index (χ3n) is 7.20. The van der Waals surface area contributed by atoms with E-state index in [9.17, 15) is 4.79 Å². The van der Waals surface area contributed by atoms with Crippen molar-refractivity contribution in [3.63, 3.8) is 0 Å². The van der Waals surface area contributed by atoms with Gasteiger partial charge in [-0.05, 0) is 41.2 Å². The van der Waals surface area contributed by atoms with E-state index in [1.807, 2.05) is 42.5 Å². The highest BCUT2D eigenvalue weighted by Gasteiger charge is 2.50. The Balaban J connectivity index is 1.56. The second-order valence-corrected chi connectivity index (χ2v) is 9.39. The lowest BCUT2D eigenvalue weighted by molar-refractivity contribution is -0.134. The number of hydrogen-bond acceptors (Lipinski definition) is 2. The highest BCUT2D eigenvalue weighted by Crippen LogP contribution is 2.50. The topological polar surface area (TPSA) is 29.5 Å². The minimum absolute atomic E-state index is 0.00642. The molecule has 1 aliphatic heterocycles. The molecule has 3 aromatic carbocycles. The van der Waals surface area contributed by atoms with E-state index in [0.29, 0.717) is 12.5 Å². The first-order valence-corrected chi connectivity index (χ1v) is 12.1. The fourth-order valence-corrected chi connectivity index (χ4v) is 5.52. The minimum atomic E-state index is -0.0586. The van der Waals surface area contributed by atoms with Crippen LogP contribution in [0.2, 0.25) is 0 Å². The van der Waals surface area contributed by atoms with Crippen LogP contribution in [0.4, 0.5) is 0 Å². The van der Waals surface area contributed by atoms with Crippen LogP contribution >= 0.6 is 0 Å². The zero-order valence-corrected chi connectivity index (χ0v) is 19.8. The van der Waals surface area contributed by atoms with Crippen molar-refractivity contribution in [1.29, 1.82) is 0 Å². The van der Waals surface area contributed by atoms with Crippen molar-refractivity contribution >= 4 is 18.1 Å². The van der Waals surface area contributed by atoms with Crippen LogP contribution in [0.1, 0.15) is 41.6 Å². The van der Waals surface area contributed by atoms with Crippen LogP contribution in [0.15, 0.2) is 91.0 Å². The first kappa shape index (κ1) is 22.2. The van der Waals surface area contributed by atoms with Gasteiger partial charge in [-0.25, -0.2) is 0 Å². The van der Waals surface area contributed by atoms with E-state index in [1.165, 1.54) is 0 Å². The average molecular weight is 450 g/mol. The summed E-state index contributed by atoms with van der Waals surface area (Å²) < 4.78 is 5.83. The molecule has 0 N–H and O–H groups in total. The molecule has 0 radical (unpaired) electrons. The van der Waals surface area contributed by atoms with Gasteiger partial charge in [-0.1, -0.05) is 98.0 Å². The van der Waals surface area contributed by atoms with E-state index in [-0.39, 0.29) is 23.8 Å². The molecule has 1 fully saturated rings. The van der Waals surface area contributed by atoms with Crippen molar-refractivity contribution in [2.75, 3.05) is 7.11 Å². The van der Waals surface area contributed by atoms with Gasteiger partial charge in [0.15, 0.2) is 0 Å². The molecular formula is C31H31NO2. The van der Waals surface area contributed by atoms with Crippen molar-refractivity contribution in [1.82, 2.24) is 4.90 Å². The molecule has 3 heteroatoms. The molecule has 1 heterocycles. The summed E-state index contributed by atoms with van der Waals surface area (Å²) in [6.07, 6.45) is 9.73. The first-order valence-electron chi connectivity index (χ1n) is 12.1. The summed E-state index contributed by atoms with van der Waals surface area (Å²) in [4.78, 5) is 15.9. The van der Waals surface area contributed by atoms with E-state index in [4.69, 9.17) is 4.74 Å². The predicted octanol–water partition coefficient (Wildman–Crippen LogP) is 6.78. The number of rotatable bonds is 6. The smallest absolute Gasteiger partial charge is 0.227 e. The fourth-order valence-electron chi connectivity index (χ4n) is 5.52. The standard InChI is InChI=1S/C31H31NO2/c1-22-10-9-15-26-29(22)31(33)32(21-25-13-7-4-8-14-25)30(26)27-20-24(18-19-28(27)34-2)17-16-23-11-5-3-6-12-23/h3-9,11-20,22,26,29-30H,10,21H2,1-2H3/b17-16+. The van der Waals surface area contributed by atoms with Gasteiger partial charge in [-0.15, -0.1) is 0 Å². The molecule has 172 valence electrons. The Morgan fingerprint density at radius 3 is 2.38 bits per heavy atom. The Morgan fingerprint density at radius 1 is 0.941 bits per heavy atom. The largest absolute Gasteiger partial charge is 0.496 e. The van der Waals surface area contributed by atoms with Crippen LogP contribution in [0.25, 0.3) is 12.2 Å². The summed E-state index contributed by atoms with van der Waals surface area (Å²) in [5, 5.41) is 0. The number of benzene rings is 3. The molecule has 1 amide bonds. The van der Waals surface area contributed by atoms with E-state index in [2.05, 4.69) is 72.5 Å². The number of methoxy groups -OCH3 is 1. The Kier molecular flexibility index (Phi) is 6.35. The van der Waals surface area contributed by atoms with Gasteiger partial charge >= 0.3 is 0 Å². The molecule has 4 atom stereocenters. The lowest BCUT2D eigenvalue weighted by atomic mass is 9.75. The van der Waals surface area contributed by atoms with Crippen LogP contribution in [0.5, 0.6) is 5.75 Å². The number of nitrogens with zero attached hydrogens (tertiary/aromatic N) is 1. The summed E-state index contributed by atoms with van der Waals surface area (Å²) in [6.45, 7) is 2.81. The van der Waals surface area contributed by atoms with Crippen LogP contribution < -0.4 is 4.74 Å². The Hall–Kier alpha value is -3.59. The summed E-state index contributed by atoms with van der Waals surface area (Å²) in [7, 11) is 1.72. The normalized spacial score (nSPS) is 23.9. The molecule has 5 rings (SSSR count). The van der Waals surface area contributed by atoms with Gasteiger partial charge in [0.1, 0.15) is 5.75 Å². The molecule has 2 aliphatic rings. The molecule has 0 bridgehead atoms. The molecule has 34 heavy (non-hydrogen) atoms. The second kappa shape index (κ2) is 9.72. The molecule has 3 aromatic rings. The number of amides is 1. The van der Waals surface area contributed by atoms with E-state index in [0.717, 1.165) is 34.4 Å². The number of carbonyl (C=O) groups excluding carboxylic acids is 1. The lowest BCUT2D eigenvalue weighted by Gasteiger charge is -2.30. The minimum Gasteiger partial charge on any atom is -0.496 e. The van der Waals surface area contributed by atoms with Gasteiger partial charge in [0.05, 0.1) is 13.2 Å². The fraction of sp³-hybridized carbons (Fsp3) is 0.258. The molecule has 4 unspecified atom stereocenters. The van der Waals surface area contributed by atoms with Gasteiger partial charge in [0.25, 0.3) is 0 Å². The van der Waals surface area contributed by atoms with Crippen LogP contribution in [0, 0.1) is 17.8 Å². The third kappa shape index (κ3) is 4.31. The summed E-state index contributed by atoms with van der Waals surface area (Å²) >= 11 is 0. The predicted molar refractivity (Wildman–Crippen MR) is 138 cm³/mol. The summed E-state index contributed by atoms with van der Waals surface area (Å²) in [5.41, 5.74) is 4.48. The molecule has 1 aliphatic carbocycles. The second-order valence-electron chi connectivity index (χ2n) is 9.39. The van der Waals surface area contributed by atoms with Crippen molar-refractivity contribution in [2.45, 2.75) is 25.9 Å². The van der Waals surface area contributed by atoms with Crippen molar-refractivity contribution in [3.8, 4) is 5.75 Å². The van der Waals surface area contributed by atoms with E-state index >= 15 is 0 Å². The molecule has 0 spiro atoms. The quantitative estimate of drug-likeness (QED) is 0.307. The third-order valence-corrected chi connectivity index (χ3v) is 7.20.